The number of aliphatic hydroxyl groups is 4. The van der Waals surface area contributed by atoms with Gasteiger partial charge in [0.1, 0.15) is 30.2 Å². The molecule has 6 nitrogen and oxygen atoms in total. The summed E-state index contributed by atoms with van der Waals surface area (Å²) in [6.45, 7) is 1.42. The van der Waals surface area contributed by atoms with Crippen molar-refractivity contribution in [3.05, 3.63) is 29.8 Å². The predicted molar refractivity (Wildman–Crippen MR) is 65.6 cm³/mol. The molecule has 19 heavy (non-hydrogen) atoms. The summed E-state index contributed by atoms with van der Waals surface area (Å²) in [5, 5.41) is 38.1. The smallest absolute Gasteiger partial charge is 0.229 e. The molecule has 5 atom stereocenters. The molecule has 1 saturated heterocycles. The molecule has 0 aromatic heterocycles. The number of aryl methyl sites for hydroxylation is 1. The summed E-state index contributed by atoms with van der Waals surface area (Å²) in [6, 6.07) is 7.12. The van der Waals surface area contributed by atoms with Gasteiger partial charge < -0.3 is 29.9 Å². The van der Waals surface area contributed by atoms with Crippen LogP contribution in [0.3, 0.4) is 0 Å². The Kier molecular flexibility index (Phi) is 4.38. The van der Waals surface area contributed by atoms with Gasteiger partial charge >= 0.3 is 0 Å². The zero-order valence-corrected chi connectivity index (χ0v) is 10.5. The molecule has 2 rings (SSSR count). The highest BCUT2D eigenvalue weighted by atomic mass is 16.7. The minimum absolute atomic E-state index is 0.474. The third-order valence-electron chi connectivity index (χ3n) is 3.09. The van der Waals surface area contributed by atoms with Gasteiger partial charge in [-0.05, 0) is 24.6 Å². The van der Waals surface area contributed by atoms with Crippen LogP contribution in [0.15, 0.2) is 24.3 Å². The fraction of sp³-hybridized carbons (Fsp3) is 0.538. The molecule has 1 heterocycles. The van der Waals surface area contributed by atoms with Crippen LogP contribution in [0.4, 0.5) is 0 Å². The van der Waals surface area contributed by atoms with Crippen LogP contribution in [0.5, 0.6) is 5.75 Å². The lowest BCUT2D eigenvalue weighted by Gasteiger charge is -2.39. The molecule has 0 aliphatic carbocycles. The number of hydrogen-bond donors (Lipinski definition) is 4. The van der Waals surface area contributed by atoms with Crippen molar-refractivity contribution in [1.82, 2.24) is 0 Å². The van der Waals surface area contributed by atoms with Crippen LogP contribution in [0.25, 0.3) is 0 Å². The van der Waals surface area contributed by atoms with Gasteiger partial charge in [0, 0.05) is 0 Å². The lowest BCUT2D eigenvalue weighted by Crippen LogP contribution is -2.60. The molecule has 106 valence electrons. The van der Waals surface area contributed by atoms with Gasteiger partial charge in [-0.2, -0.15) is 0 Å². The Morgan fingerprint density at radius 2 is 1.89 bits per heavy atom. The van der Waals surface area contributed by atoms with E-state index in [1.807, 2.05) is 13.0 Å². The van der Waals surface area contributed by atoms with Gasteiger partial charge in [0.25, 0.3) is 0 Å². The fourth-order valence-electron chi connectivity index (χ4n) is 1.99. The summed E-state index contributed by atoms with van der Waals surface area (Å²) in [5.74, 6) is 0.476. The minimum Gasteiger partial charge on any atom is -0.462 e. The van der Waals surface area contributed by atoms with Crippen molar-refractivity contribution in [2.75, 3.05) is 6.61 Å². The Hall–Kier alpha value is -1.18. The highest BCUT2D eigenvalue weighted by Crippen LogP contribution is 2.24. The van der Waals surface area contributed by atoms with Gasteiger partial charge in [-0.3, -0.25) is 0 Å². The summed E-state index contributed by atoms with van der Waals surface area (Å²) in [6.07, 6.45) is -6.30. The number of aliphatic hydroxyl groups excluding tert-OH is 4. The molecular formula is C13H18O6. The van der Waals surface area contributed by atoms with Gasteiger partial charge in [-0.25, -0.2) is 0 Å². The molecule has 0 bridgehead atoms. The lowest BCUT2D eigenvalue weighted by molar-refractivity contribution is -0.277. The van der Waals surface area contributed by atoms with Crippen molar-refractivity contribution in [3.63, 3.8) is 0 Å². The van der Waals surface area contributed by atoms with E-state index in [2.05, 4.69) is 0 Å². The van der Waals surface area contributed by atoms with E-state index in [1.54, 1.807) is 18.2 Å². The summed E-state index contributed by atoms with van der Waals surface area (Å²) in [4.78, 5) is 0. The molecule has 1 aliphatic heterocycles. The Morgan fingerprint density at radius 3 is 2.53 bits per heavy atom. The van der Waals surface area contributed by atoms with Crippen LogP contribution in [-0.2, 0) is 4.74 Å². The first-order valence-corrected chi connectivity index (χ1v) is 6.07. The molecular weight excluding hydrogens is 252 g/mol. The van der Waals surface area contributed by atoms with E-state index >= 15 is 0 Å². The lowest BCUT2D eigenvalue weighted by atomic mass is 9.99. The van der Waals surface area contributed by atoms with Crippen LogP contribution in [-0.4, -0.2) is 57.7 Å². The van der Waals surface area contributed by atoms with E-state index in [1.165, 1.54) is 0 Å². The zero-order chi connectivity index (χ0) is 14.0. The number of hydrogen-bond acceptors (Lipinski definition) is 6. The Morgan fingerprint density at radius 1 is 1.16 bits per heavy atom. The second-order valence-corrected chi connectivity index (χ2v) is 4.63. The molecule has 0 saturated carbocycles. The van der Waals surface area contributed by atoms with Gasteiger partial charge in [0.15, 0.2) is 0 Å². The summed E-state index contributed by atoms with van der Waals surface area (Å²) in [5.41, 5.74) is 0.974. The second kappa shape index (κ2) is 5.85. The van der Waals surface area contributed by atoms with Crippen molar-refractivity contribution in [2.45, 2.75) is 37.6 Å². The van der Waals surface area contributed by atoms with E-state index in [9.17, 15) is 15.3 Å². The first-order valence-electron chi connectivity index (χ1n) is 6.07. The van der Waals surface area contributed by atoms with E-state index in [-0.39, 0.29) is 0 Å². The van der Waals surface area contributed by atoms with Crippen LogP contribution >= 0.6 is 0 Å². The molecule has 0 unspecified atom stereocenters. The topological polar surface area (TPSA) is 99.4 Å². The Balaban J connectivity index is 2.10. The van der Waals surface area contributed by atoms with Crippen molar-refractivity contribution in [2.24, 2.45) is 0 Å². The maximum absolute atomic E-state index is 9.81. The SMILES string of the molecule is Cc1cccc(O[C@@H]2O[C@@H](CO)[C@@H](O)[C@@H](O)[C@@H]2O)c1. The van der Waals surface area contributed by atoms with Crippen LogP contribution in [0.1, 0.15) is 5.56 Å². The molecule has 6 heteroatoms. The van der Waals surface area contributed by atoms with Crippen molar-refractivity contribution in [3.8, 4) is 5.75 Å². The standard InChI is InChI=1S/C13H18O6/c1-7-3-2-4-8(5-7)18-13-12(17)11(16)10(15)9(6-14)19-13/h2-5,9-17H,6H2,1H3/t9-,10+,11+,12-,13+/m0/s1. The van der Waals surface area contributed by atoms with Crippen molar-refractivity contribution in [1.29, 1.82) is 0 Å². The summed E-state index contributed by atoms with van der Waals surface area (Å²) < 4.78 is 10.7. The highest BCUT2D eigenvalue weighted by molar-refractivity contribution is 5.27. The van der Waals surface area contributed by atoms with E-state index < -0.39 is 37.3 Å². The average molecular weight is 270 g/mol. The molecule has 0 spiro atoms. The highest BCUT2D eigenvalue weighted by Gasteiger charge is 2.44. The number of rotatable bonds is 3. The first-order chi connectivity index (χ1) is 9.02. The largest absolute Gasteiger partial charge is 0.462 e. The molecule has 1 aromatic carbocycles. The van der Waals surface area contributed by atoms with E-state index in [4.69, 9.17) is 14.6 Å². The van der Waals surface area contributed by atoms with Gasteiger partial charge in [0.2, 0.25) is 6.29 Å². The Bertz CT molecular complexity index is 421. The van der Waals surface area contributed by atoms with Gasteiger partial charge in [0.05, 0.1) is 6.61 Å². The van der Waals surface area contributed by atoms with Crippen molar-refractivity contribution < 1.29 is 29.9 Å². The molecule has 1 aromatic rings. The number of benzene rings is 1. The monoisotopic (exact) mass is 270 g/mol. The van der Waals surface area contributed by atoms with E-state index in [0.717, 1.165) is 5.56 Å². The van der Waals surface area contributed by atoms with Crippen LogP contribution in [0.2, 0.25) is 0 Å². The van der Waals surface area contributed by atoms with Crippen LogP contribution < -0.4 is 4.74 Å². The number of ether oxygens (including phenoxy) is 2. The minimum atomic E-state index is -1.43. The zero-order valence-electron chi connectivity index (χ0n) is 10.5. The van der Waals surface area contributed by atoms with Crippen LogP contribution in [0, 0.1) is 6.92 Å². The molecule has 1 fully saturated rings. The Labute approximate surface area is 110 Å². The van der Waals surface area contributed by atoms with Crippen molar-refractivity contribution >= 4 is 0 Å². The fourth-order valence-corrected chi connectivity index (χ4v) is 1.99. The van der Waals surface area contributed by atoms with Gasteiger partial charge in [-0.15, -0.1) is 0 Å². The molecule has 0 radical (unpaired) electrons. The summed E-state index contributed by atoms with van der Waals surface area (Å²) >= 11 is 0. The normalized spacial score (nSPS) is 35.1. The van der Waals surface area contributed by atoms with E-state index in [0.29, 0.717) is 5.75 Å². The maximum atomic E-state index is 9.81. The third kappa shape index (κ3) is 3.05. The quantitative estimate of drug-likeness (QED) is 0.572. The molecule has 0 amide bonds. The molecule has 4 N–H and O–H groups in total. The molecule has 1 aliphatic rings. The maximum Gasteiger partial charge on any atom is 0.229 e. The first kappa shape index (κ1) is 14.2. The van der Waals surface area contributed by atoms with Gasteiger partial charge in [-0.1, -0.05) is 12.1 Å². The third-order valence-corrected chi connectivity index (χ3v) is 3.09. The average Bonchev–Trinajstić information content (AvgIpc) is 2.39. The summed E-state index contributed by atoms with van der Waals surface area (Å²) in [7, 11) is 0. The second-order valence-electron chi connectivity index (χ2n) is 4.63. The predicted octanol–water partition coefficient (Wildman–Crippen LogP) is -0.826.